The highest BCUT2D eigenvalue weighted by molar-refractivity contribution is 7.93. The molecule has 1 saturated heterocycles. The molecule has 1 fully saturated rings. The maximum absolute atomic E-state index is 13.3. The number of hydrogen-bond acceptors (Lipinski definition) is 6. The molecule has 1 aliphatic carbocycles. The van der Waals surface area contributed by atoms with Gasteiger partial charge >= 0.3 is 0 Å². The van der Waals surface area contributed by atoms with E-state index in [0.29, 0.717) is 35.2 Å². The molecule has 2 unspecified atom stereocenters. The second-order valence-corrected chi connectivity index (χ2v) is 11.8. The number of benzene rings is 1. The van der Waals surface area contributed by atoms with Gasteiger partial charge in [-0.25, -0.2) is 22.7 Å². The Morgan fingerprint density at radius 2 is 2.03 bits per heavy atom. The number of thiazole rings is 1. The molecule has 1 aromatic carbocycles. The Balaban J connectivity index is 1.38. The lowest BCUT2D eigenvalue weighted by atomic mass is 10.1. The Labute approximate surface area is 217 Å². The molecule has 0 N–H and O–H groups in total. The van der Waals surface area contributed by atoms with Crippen molar-refractivity contribution in [2.75, 3.05) is 22.3 Å². The third-order valence-corrected chi connectivity index (χ3v) is 9.59. The number of rotatable bonds is 7. The molecule has 2 atom stereocenters. The smallest absolute Gasteiger partial charge is 0.266 e. The largest absolute Gasteiger partial charge is 0.318 e. The van der Waals surface area contributed by atoms with E-state index in [1.54, 1.807) is 41.0 Å². The van der Waals surface area contributed by atoms with E-state index in [-0.39, 0.29) is 22.7 Å². The number of sulfonamides is 1. The summed E-state index contributed by atoms with van der Waals surface area (Å²) < 4.78 is 29.5. The molecule has 0 saturated carbocycles. The molecule has 1 amide bonds. The topological polar surface area (TPSA) is 88.4 Å². The predicted octanol–water partition coefficient (Wildman–Crippen LogP) is 4.44. The van der Waals surface area contributed by atoms with Gasteiger partial charge in [0.15, 0.2) is 5.13 Å². The average molecular weight is 550 g/mol. The molecular weight excluding hydrogens is 529 g/mol. The van der Waals surface area contributed by atoms with E-state index in [0.717, 1.165) is 11.4 Å². The van der Waals surface area contributed by atoms with Crippen LogP contribution in [0.2, 0.25) is 0 Å². The van der Waals surface area contributed by atoms with E-state index >= 15 is 0 Å². The zero-order chi connectivity index (χ0) is 24.7. The first kappa shape index (κ1) is 24.1. The van der Waals surface area contributed by atoms with Crippen LogP contribution in [0.4, 0.5) is 10.8 Å². The van der Waals surface area contributed by atoms with Gasteiger partial charge in [-0.05, 0) is 36.8 Å². The summed E-state index contributed by atoms with van der Waals surface area (Å²) in [6.45, 7) is 4.26. The van der Waals surface area contributed by atoms with Gasteiger partial charge in [0.1, 0.15) is 6.04 Å². The van der Waals surface area contributed by atoms with Crippen LogP contribution < -0.4 is 9.21 Å². The minimum Gasteiger partial charge on any atom is -0.318 e. The summed E-state index contributed by atoms with van der Waals surface area (Å²) in [5.74, 6) is -0.0885. The van der Waals surface area contributed by atoms with Crippen molar-refractivity contribution in [2.24, 2.45) is 0 Å². The molecule has 2 aromatic heterocycles. The van der Waals surface area contributed by atoms with E-state index in [1.165, 1.54) is 33.9 Å². The van der Waals surface area contributed by atoms with Gasteiger partial charge in [0.2, 0.25) is 5.91 Å². The van der Waals surface area contributed by atoms with Gasteiger partial charge in [0.05, 0.1) is 34.5 Å². The number of fused-ring (bicyclic) bond motifs is 1. The van der Waals surface area contributed by atoms with Crippen molar-refractivity contribution in [1.29, 1.82) is 0 Å². The molecule has 35 heavy (non-hydrogen) atoms. The van der Waals surface area contributed by atoms with Crippen LogP contribution in [0.5, 0.6) is 0 Å². The summed E-state index contributed by atoms with van der Waals surface area (Å²) in [7, 11) is -3.84. The van der Waals surface area contributed by atoms with Crippen molar-refractivity contribution >= 4 is 67.4 Å². The molecule has 12 heteroatoms. The summed E-state index contributed by atoms with van der Waals surface area (Å²) in [4.78, 5) is 23.7. The quantitative estimate of drug-likeness (QED) is 0.321. The van der Waals surface area contributed by atoms with Crippen LogP contribution in [0.25, 0.3) is 6.08 Å². The van der Waals surface area contributed by atoms with Gasteiger partial charge in [0, 0.05) is 35.3 Å². The van der Waals surface area contributed by atoms with Crippen molar-refractivity contribution in [3.8, 4) is 0 Å². The van der Waals surface area contributed by atoms with Gasteiger partial charge < -0.3 is 9.47 Å². The van der Waals surface area contributed by atoms with Crippen molar-refractivity contribution in [1.82, 2.24) is 14.5 Å². The summed E-state index contributed by atoms with van der Waals surface area (Å²) in [5.41, 5.74) is 2.25. The number of anilines is 2. The Morgan fingerprint density at radius 3 is 2.71 bits per heavy atom. The highest BCUT2D eigenvalue weighted by atomic mass is 35.5. The lowest BCUT2D eigenvalue weighted by Crippen LogP contribution is -2.31. The highest BCUT2D eigenvalue weighted by Gasteiger charge is 2.36. The van der Waals surface area contributed by atoms with E-state index in [4.69, 9.17) is 23.2 Å². The van der Waals surface area contributed by atoms with Crippen molar-refractivity contribution < 1.29 is 13.2 Å². The first-order valence-electron chi connectivity index (χ1n) is 10.8. The maximum atomic E-state index is 13.3. The monoisotopic (exact) mass is 549 g/mol. The van der Waals surface area contributed by atoms with Gasteiger partial charge in [-0.15, -0.1) is 29.5 Å². The summed E-state index contributed by atoms with van der Waals surface area (Å²) in [6, 6.07) is 5.91. The number of allylic oxidation sites excluding steroid dienone is 1. The summed E-state index contributed by atoms with van der Waals surface area (Å²) in [6.07, 6.45) is 7.62. The fourth-order valence-electron chi connectivity index (χ4n) is 4.30. The van der Waals surface area contributed by atoms with Gasteiger partial charge in [0.25, 0.3) is 10.0 Å². The number of imidazole rings is 1. The number of alkyl halides is 1. The lowest BCUT2D eigenvalue weighted by molar-refractivity contribution is -0.119. The lowest BCUT2D eigenvalue weighted by Gasteiger charge is -2.22. The molecule has 8 nitrogen and oxygen atoms in total. The molecule has 3 aromatic rings. The first-order chi connectivity index (χ1) is 16.8. The molecule has 5 rings (SSSR count). The molecular formula is C23H21Cl2N5O3S2. The van der Waals surface area contributed by atoms with Crippen molar-refractivity contribution in [3.05, 3.63) is 71.2 Å². The Kier molecular flexibility index (Phi) is 6.47. The fourth-order valence-corrected chi connectivity index (χ4v) is 6.96. The number of halogens is 2. The average Bonchev–Trinajstić information content (AvgIpc) is 3.58. The summed E-state index contributed by atoms with van der Waals surface area (Å²) in [5, 5.41) is 2.30. The predicted molar refractivity (Wildman–Crippen MR) is 139 cm³/mol. The van der Waals surface area contributed by atoms with E-state index in [9.17, 15) is 13.2 Å². The van der Waals surface area contributed by atoms with Gasteiger partial charge in [-0.3, -0.25) is 4.79 Å². The number of hydrogen-bond donors (Lipinski definition) is 0. The van der Waals surface area contributed by atoms with Crippen LogP contribution >= 0.6 is 34.5 Å². The minimum absolute atomic E-state index is 0.0885. The maximum Gasteiger partial charge on any atom is 0.266 e. The first-order valence-corrected chi connectivity index (χ1v) is 14.0. The van der Waals surface area contributed by atoms with E-state index < -0.39 is 16.1 Å². The molecule has 3 heterocycles. The fraction of sp³-hybridized carbons (Fsp3) is 0.261. The second kappa shape index (κ2) is 9.42. The van der Waals surface area contributed by atoms with Crippen LogP contribution in [-0.2, 0) is 21.2 Å². The summed E-state index contributed by atoms with van der Waals surface area (Å²) >= 11 is 13.7. The van der Waals surface area contributed by atoms with Crippen molar-refractivity contribution in [2.45, 2.75) is 29.2 Å². The molecule has 0 radical (unpaired) electrons. The number of aromatic nitrogens is 3. The zero-order valence-electron chi connectivity index (χ0n) is 18.4. The number of carbonyl (C=O) groups excluding carboxylic acids is 1. The number of nitrogens with zero attached hydrogens (tertiary/aromatic N) is 5. The zero-order valence-corrected chi connectivity index (χ0v) is 21.6. The van der Waals surface area contributed by atoms with Crippen molar-refractivity contribution in [3.63, 3.8) is 0 Å². The Hall–Kier alpha value is -2.66. The van der Waals surface area contributed by atoms with Crippen LogP contribution in [0.15, 0.2) is 64.8 Å². The van der Waals surface area contributed by atoms with Gasteiger partial charge in [-0.1, -0.05) is 17.7 Å². The molecule has 2 aliphatic rings. The molecule has 0 spiro atoms. The SMILES string of the molecule is C=CCN(c1nccs1)S(=O)(=O)c1ccc(N2CCC(n3cnc4c3C=C(Cl)C(Cl)C4)C2=O)cc1. The third kappa shape index (κ3) is 4.29. The standard InChI is InChI=1S/C23H21Cl2N5O3S2/c1-2-9-30(23-26-8-11-34-23)35(32,33)16-5-3-15(4-6-16)28-10-7-20(22(28)31)29-14-27-19-12-17(24)18(25)13-21(19)29/h2-6,8,11,13-14,17,20H,1,7,9-10,12H2. The van der Waals surface area contributed by atoms with Crippen LogP contribution in [-0.4, -0.2) is 47.3 Å². The number of carbonyl (C=O) groups is 1. The highest BCUT2D eigenvalue weighted by Crippen LogP contribution is 2.35. The Morgan fingerprint density at radius 1 is 1.26 bits per heavy atom. The number of amides is 1. The third-order valence-electron chi connectivity index (χ3n) is 6.04. The van der Waals surface area contributed by atoms with Crippen LogP contribution in [0, 0.1) is 0 Å². The van der Waals surface area contributed by atoms with E-state index in [2.05, 4.69) is 16.5 Å². The molecule has 0 bridgehead atoms. The van der Waals surface area contributed by atoms with Gasteiger partial charge in [-0.2, -0.15) is 0 Å². The molecule has 1 aliphatic heterocycles. The van der Waals surface area contributed by atoms with Crippen LogP contribution in [0.1, 0.15) is 23.9 Å². The second-order valence-electron chi connectivity index (χ2n) is 8.11. The molecule has 182 valence electrons. The minimum atomic E-state index is -3.84. The normalized spacial score (nSPS) is 20.0. The van der Waals surface area contributed by atoms with E-state index in [1.807, 2.05) is 4.57 Å². The Bertz CT molecular complexity index is 1400. The van der Waals surface area contributed by atoms with Crippen LogP contribution in [0.3, 0.4) is 0 Å².